The lowest BCUT2D eigenvalue weighted by Gasteiger charge is -2.24. The summed E-state index contributed by atoms with van der Waals surface area (Å²) in [5.41, 5.74) is 0.538. The van der Waals surface area contributed by atoms with Gasteiger partial charge in [-0.05, 0) is 18.2 Å². The number of carbonyl (C=O) groups excluding carboxylic acids is 1. The van der Waals surface area contributed by atoms with Crippen LogP contribution in [0.3, 0.4) is 0 Å². The monoisotopic (exact) mass is 376 g/mol. The molecular formula is C14H14ClFN2O3S2. The molecule has 2 atom stereocenters. The number of carbonyl (C=O) groups is 1. The van der Waals surface area contributed by atoms with Crippen LogP contribution in [0.2, 0.25) is 5.02 Å². The number of rotatable bonds is 2. The van der Waals surface area contributed by atoms with Crippen molar-refractivity contribution < 1.29 is 17.6 Å². The Hall–Kier alpha value is -1.12. The Morgan fingerprint density at radius 3 is 2.87 bits per heavy atom. The van der Waals surface area contributed by atoms with Crippen molar-refractivity contribution >= 4 is 50.0 Å². The Morgan fingerprint density at radius 1 is 1.48 bits per heavy atom. The molecule has 2 fully saturated rings. The van der Waals surface area contributed by atoms with Crippen molar-refractivity contribution in [3.05, 3.63) is 29.0 Å². The largest absolute Gasteiger partial charge is 0.316 e. The SMILES string of the molecule is CCC(=O)N=C1S[C@H]2CS(=O)(=O)C[C@H]2N1c1ccc(F)c(Cl)c1. The number of thioether (sulfide) groups is 1. The first-order valence-electron chi connectivity index (χ1n) is 7.03. The first kappa shape index (κ1) is 16.7. The van der Waals surface area contributed by atoms with Crippen LogP contribution in [0.5, 0.6) is 0 Å². The van der Waals surface area contributed by atoms with Gasteiger partial charge in [0.2, 0.25) is 5.91 Å². The fraction of sp³-hybridized carbons (Fsp3) is 0.429. The van der Waals surface area contributed by atoms with Gasteiger partial charge in [-0.15, -0.1) is 0 Å². The zero-order chi connectivity index (χ0) is 16.8. The molecule has 0 aliphatic carbocycles. The molecule has 9 heteroatoms. The van der Waals surface area contributed by atoms with E-state index in [4.69, 9.17) is 11.6 Å². The van der Waals surface area contributed by atoms with Crippen LogP contribution in [0.25, 0.3) is 0 Å². The number of hydrogen-bond acceptors (Lipinski definition) is 4. The first-order valence-corrected chi connectivity index (χ1v) is 10.1. The second-order valence-electron chi connectivity index (χ2n) is 5.41. The second kappa shape index (κ2) is 6.07. The molecule has 1 aromatic rings. The third-order valence-corrected chi connectivity index (χ3v) is 7.27. The minimum absolute atomic E-state index is 0.0149. The van der Waals surface area contributed by atoms with E-state index in [1.165, 1.54) is 30.0 Å². The molecule has 23 heavy (non-hydrogen) atoms. The number of fused-ring (bicyclic) bond motifs is 1. The van der Waals surface area contributed by atoms with E-state index in [0.717, 1.165) is 0 Å². The molecule has 0 radical (unpaired) electrons. The standard InChI is InChI=1S/C14H14ClFN2O3S2/c1-2-13(19)17-14-18(8-3-4-10(16)9(15)5-8)11-6-23(20,21)7-12(11)22-14/h3-5,11-12H,2,6-7H2,1H3/t11-,12+/m1/s1. The van der Waals surface area contributed by atoms with Gasteiger partial charge in [-0.3, -0.25) is 4.79 Å². The maximum absolute atomic E-state index is 13.4. The first-order chi connectivity index (χ1) is 10.8. The van der Waals surface area contributed by atoms with Crippen molar-refractivity contribution in [2.75, 3.05) is 16.4 Å². The average Bonchev–Trinajstić information content (AvgIpc) is 2.93. The van der Waals surface area contributed by atoms with Crippen molar-refractivity contribution in [3.8, 4) is 0 Å². The van der Waals surface area contributed by atoms with Crippen LogP contribution in [0.1, 0.15) is 13.3 Å². The van der Waals surface area contributed by atoms with Crippen LogP contribution in [-0.2, 0) is 14.6 Å². The molecule has 2 heterocycles. The van der Waals surface area contributed by atoms with Crippen molar-refractivity contribution in [2.24, 2.45) is 4.99 Å². The number of nitrogens with zero attached hydrogens (tertiary/aromatic N) is 2. The van der Waals surface area contributed by atoms with E-state index in [0.29, 0.717) is 10.9 Å². The number of sulfone groups is 1. The van der Waals surface area contributed by atoms with Gasteiger partial charge >= 0.3 is 0 Å². The highest BCUT2D eigenvalue weighted by Crippen LogP contribution is 2.41. The molecule has 2 aliphatic heterocycles. The van der Waals surface area contributed by atoms with Crippen LogP contribution >= 0.6 is 23.4 Å². The minimum atomic E-state index is -3.13. The Morgan fingerprint density at radius 2 is 2.22 bits per heavy atom. The van der Waals surface area contributed by atoms with E-state index < -0.39 is 15.7 Å². The van der Waals surface area contributed by atoms with Gasteiger partial charge in [0.25, 0.3) is 0 Å². The molecule has 0 unspecified atom stereocenters. The second-order valence-corrected chi connectivity index (χ2v) is 9.18. The number of amidine groups is 1. The van der Waals surface area contributed by atoms with E-state index in [-0.39, 0.29) is 40.1 Å². The highest BCUT2D eigenvalue weighted by molar-refractivity contribution is 8.16. The van der Waals surface area contributed by atoms with E-state index in [1.54, 1.807) is 11.8 Å². The summed E-state index contributed by atoms with van der Waals surface area (Å²) in [5, 5.41) is 0.203. The zero-order valence-corrected chi connectivity index (χ0v) is 14.6. The van der Waals surface area contributed by atoms with Gasteiger partial charge in [-0.25, -0.2) is 12.8 Å². The van der Waals surface area contributed by atoms with E-state index >= 15 is 0 Å². The van der Waals surface area contributed by atoms with Crippen LogP contribution in [0.4, 0.5) is 10.1 Å². The lowest BCUT2D eigenvalue weighted by Crippen LogP contribution is -2.37. The van der Waals surface area contributed by atoms with Crippen molar-refractivity contribution in [1.82, 2.24) is 0 Å². The summed E-state index contributed by atoms with van der Waals surface area (Å²) >= 11 is 7.12. The Bertz CT molecular complexity index is 797. The van der Waals surface area contributed by atoms with Crippen LogP contribution in [0.15, 0.2) is 23.2 Å². The summed E-state index contributed by atoms with van der Waals surface area (Å²) in [4.78, 5) is 17.4. The molecule has 0 bridgehead atoms. The summed E-state index contributed by atoms with van der Waals surface area (Å²) in [7, 11) is -3.13. The molecule has 5 nitrogen and oxygen atoms in total. The summed E-state index contributed by atoms with van der Waals surface area (Å²) in [6.07, 6.45) is 0.260. The summed E-state index contributed by atoms with van der Waals surface area (Å²) < 4.78 is 37.2. The van der Waals surface area contributed by atoms with Gasteiger partial charge in [0, 0.05) is 17.4 Å². The number of hydrogen-bond donors (Lipinski definition) is 0. The normalized spacial score (nSPS) is 27.4. The number of halogens is 2. The number of anilines is 1. The van der Waals surface area contributed by atoms with Crippen LogP contribution in [-0.4, -0.2) is 42.3 Å². The van der Waals surface area contributed by atoms with Gasteiger partial charge in [0.05, 0.1) is 22.6 Å². The molecule has 0 saturated carbocycles. The van der Waals surface area contributed by atoms with Crippen molar-refractivity contribution in [2.45, 2.75) is 24.6 Å². The Balaban J connectivity index is 2.04. The number of amides is 1. The van der Waals surface area contributed by atoms with Gasteiger partial charge in [-0.2, -0.15) is 4.99 Å². The van der Waals surface area contributed by atoms with Gasteiger partial charge in [0.1, 0.15) is 5.82 Å². The fourth-order valence-electron chi connectivity index (χ4n) is 2.69. The average molecular weight is 377 g/mol. The van der Waals surface area contributed by atoms with Gasteiger partial charge in [-0.1, -0.05) is 30.3 Å². The van der Waals surface area contributed by atoms with Crippen molar-refractivity contribution in [3.63, 3.8) is 0 Å². The van der Waals surface area contributed by atoms with Gasteiger partial charge < -0.3 is 4.90 Å². The topological polar surface area (TPSA) is 66.8 Å². The van der Waals surface area contributed by atoms with Crippen molar-refractivity contribution in [1.29, 1.82) is 0 Å². The highest BCUT2D eigenvalue weighted by atomic mass is 35.5. The fourth-order valence-corrected chi connectivity index (χ4v) is 6.79. The maximum Gasteiger partial charge on any atom is 0.247 e. The number of aliphatic imine (C=N–C) groups is 1. The molecule has 2 saturated heterocycles. The zero-order valence-electron chi connectivity index (χ0n) is 12.2. The molecule has 0 spiro atoms. The summed E-state index contributed by atoms with van der Waals surface area (Å²) in [6.45, 7) is 1.70. The molecule has 1 aromatic carbocycles. The molecule has 1 amide bonds. The predicted octanol–water partition coefficient (Wildman–Crippen LogP) is 2.49. The summed E-state index contributed by atoms with van der Waals surface area (Å²) in [6, 6.07) is 3.84. The molecule has 0 aromatic heterocycles. The summed E-state index contributed by atoms with van der Waals surface area (Å²) in [5.74, 6) is -0.805. The molecule has 2 aliphatic rings. The van der Waals surface area contributed by atoms with Crippen LogP contribution < -0.4 is 4.90 Å². The minimum Gasteiger partial charge on any atom is -0.316 e. The predicted molar refractivity (Wildman–Crippen MR) is 90.4 cm³/mol. The lowest BCUT2D eigenvalue weighted by molar-refractivity contribution is -0.117. The maximum atomic E-state index is 13.4. The smallest absolute Gasteiger partial charge is 0.247 e. The molecular weight excluding hydrogens is 363 g/mol. The van der Waals surface area contributed by atoms with Crippen LogP contribution in [0, 0.1) is 5.82 Å². The van der Waals surface area contributed by atoms with E-state index in [9.17, 15) is 17.6 Å². The number of benzene rings is 1. The Kier molecular flexibility index (Phi) is 4.41. The molecule has 124 valence electrons. The third kappa shape index (κ3) is 3.25. The molecule has 3 rings (SSSR count). The van der Waals surface area contributed by atoms with E-state index in [2.05, 4.69) is 4.99 Å². The quantitative estimate of drug-likeness (QED) is 0.793. The third-order valence-electron chi connectivity index (χ3n) is 3.77. The molecule has 0 N–H and O–H groups in total. The van der Waals surface area contributed by atoms with E-state index in [1.807, 2.05) is 0 Å². The Labute approximate surface area is 142 Å². The highest BCUT2D eigenvalue weighted by Gasteiger charge is 2.49. The van der Waals surface area contributed by atoms with Gasteiger partial charge in [0.15, 0.2) is 15.0 Å². The lowest BCUT2D eigenvalue weighted by atomic mass is 10.2.